The number of nitrogens with zero attached hydrogens (tertiary/aromatic N) is 1. The van der Waals surface area contributed by atoms with Crippen LogP contribution in [0.15, 0.2) is 51.9 Å². The first kappa shape index (κ1) is 13.4. The molecule has 0 spiro atoms. The molecule has 94 valence electrons. The van der Waals surface area contributed by atoms with Crippen molar-refractivity contribution in [1.82, 2.24) is 0 Å². The zero-order chi connectivity index (χ0) is 13.1. The van der Waals surface area contributed by atoms with Crippen LogP contribution in [0.4, 0.5) is 0 Å². The maximum absolute atomic E-state index is 5.92. The van der Waals surface area contributed by atoms with Gasteiger partial charge in [0, 0.05) is 22.9 Å². The maximum atomic E-state index is 5.92. The van der Waals surface area contributed by atoms with Crippen LogP contribution in [-0.4, -0.2) is 18.0 Å². The van der Waals surface area contributed by atoms with Crippen molar-refractivity contribution in [3.8, 4) is 0 Å². The summed E-state index contributed by atoms with van der Waals surface area (Å²) in [6, 6.07) is 7.80. The van der Waals surface area contributed by atoms with Gasteiger partial charge in [0.05, 0.1) is 5.71 Å². The summed E-state index contributed by atoms with van der Waals surface area (Å²) in [6.07, 6.45) is 0. The van der Waals surface area contributed by atoms with Crippen molar-refractivity contribution in [3.05, 3.63) is 57.5 Å². The standard InChI is InChI=1S/C15H16ClNS/c1-10-11(2)15(17-8-9-18-12(10)3)13-4-6-14(16)7-5-13/h4-7H,2,8-9H2,1,3H3. The number of hydrogen-bond acceptors (Lipinski definition) is 2. The molecule has 18 heavy (non-hydrogen) atoms. The van der Waals surface area contributed by atoms with Crippen LogP contribution < -0.4 is 0 Å². The van der Waals surface area contributed by atoms with Crippen LogP contribution in [0.1, 0.15) is 19.4 Å². The number of halogens is 1. The highest BCUT2D eigenvalue weighted by atomic mass is 35.5. The topological polar surface area (TPSA) is 12.4 Å². The van der Waals surface area contributed by atoms with E-state index in [4.69, 9.17) is 11.6 Å². The molecule has 0 saturated carbocycles. The lowest BCUT2D eigenvalue weighted by Crippen LogP contribution is -2.10. The third kappa shape index (κ3) is 2.88. The summed E-state index contributed by atoms with van der Waals surface area (Å²) in [4.78, 5) is 6.00. The average Bonchev–Trinajstić information content (AvgIpc) is 2.37. The quantitative estimate of drug-likeness (QED) is 0.723. The molecule has 0 aromatic heterocycles. The van der Waals surface area contributed by atoms with Gasteiger partial charge in [-0.15, -0.1) is 11.8 Å². The Morgan fingerprint density at radius 3 is 2.56 bits per heavy atom. The Bertz CT molecular complexity index is 526. The Morgan fingerprint density at radius 2 is 1.89 bits per heavy atom. The normalized spacial score (nSPS) is 17.3. The predicted molar refractivity (Wildman–Crippen MR) is 82.8 cm³/mol. The summed E-state index contributed by atoms with van der Waals surface area (Å²) in [7, 11) is 0. The third-order valence-corrected chi connectivity index (χ3v) is 4.44. The van der Waals surface area contributed by atoms with Gasteiger partial charge in [-0.3, -0.25) is 4.99 Å². The molecule has 0 saturated heterocycles. The molecule has 1 aliphatic rings. The fourth-order valence-corrected chi connectivity index (χ4v) is 2.78. The summed E-state index contributed by atoms with van der Waals surface area (Å²) in [5, 5.41) is 0.745. The second-order valence-electron chi connectivity index (χ2n) is 4.25. The monoisotopic (exact) mass is 277 g/mol. The van der Waals surface area contributed by atoms with E-state index < -0.39 is 0 Å². The maximum Gasteiger partial charge on any atom is 0.0716 e. The smallest absolute Gasteiger partial charge is 0.0716 e. The van der Waals surface area contributed by atoms with E-state index in [0.717, 1.165) is 34.2 Å². The molecule has 2 rings (SSSR count). The molecular weight excluding hydrogens is 262 g/mol. The van der Waals surface area contributed by atoms with Crippen LogP contribution in [0.5, 0.6) is 0 Å². The van der Waals surface area contributed by atoms with E-state index in [1.54, 1.807) is 0 Å². The Kier molecular flexibility index (Phi) is 4.31. The van der Waals surface area contributed by atoms with E-state index >= 15 is 0 Å². The molecule has 0 radical (unpaired) electrons. The highest BCUT2D eigenvalue weighted by Gasteiger charge is 2.13. The summed E-state index contributed by atoms with van der Waals surface area (Å²) in [5.74, 6) is 1.02. The SMILES string of the molecule is C=C1C(c2ccc(Cl)cc2)=NCCSC(C)=C1C. The fourth-order valence-electron chi connectivity index (χ4n) is 1.82. The summed E-state index contributed by atoms with van der Waals surface area (Å²) in [5.41, 5.74) is 4.32. The van der Waals surface area contributed by atoms with Gasteiger partial charge in [-0.05, 0) is 42.0 Å². The van der Waals surface area contributed by atoms with Crippen LogP contribution in [0.3, 0.4) is 0 Å². The van der Waals surface area contributed by atoms with Crippen LogP contribution in [0.25, 0.3) is 0 Å². The Balaban J connectivity index is 2.42. The number of allylic oxidation sites excluding steroid dienone is 3. The molecule has 0 amide bonds. The van der Waals surface area contributed by atoms with Gasteiger partial charge >= 0.3 is 0 Å². The van der Waals surface area contributed by atoms with E-state index in [-0.39, 0.29) is 0 Å². The Morgan fingerprint density at radius 1 is 1.22 bits per heavy atom. The van der Waals surface area contributed by atoms with Crippen molar-refractivity contribution in [3.63, 3.8) is 0 Å². The third-order valence-electron chi connectivity index (χ3n) is 3.06. The molecule has 0 bridgehead atoms. The van der Waals surface area contributed by atoms with Crippen molar-refractivity contribution in [2.24, 2.45) is 4.99 Å². The Hall–Kier alpha value is -0.990. The van der Waals surface area contributed by atoms with Gasteiger partial charge in [0.1, 0.15) is 0 Å². The molecular formula is C15H16ClNS. The van der Waals surface area contributed by atoms with Gasteiger partial charge in [0.2, 0.25) is 0 Å². The van der Waals surface area contributed by atoms with Crippen molar-refractivity contribution in [1.29, 1.82) is 0 Å². The molecule has 0 fully saturated rings. The number of hydrogen-bond donors (Lipinski definition) is 0. The minimum Gasteiger partial charge on any atom is -0.283 e. The number of aliphatic imine (C=N–C) groups is 1. The van der Waals surface area contributed by atoms with E-state index in [0.29, 0.717) is 0 Å². The van der Waals surface area contributed by atoms with Gasteiger partial charge < -0.3 is 0 Å². The van der Waals surface area contributed by atoms with Crippen LogP contribution in [-0.2, 0) is 0 Å². The summed E-state index contributed by atoms with van der Waals surface area (Å²) < 4.78 is 0. The van der Waals surface area contributed by atoms with Gasteiger partial charge in [0.25, 0.3) is 0 Å². The molecule has 3 heteroatoms. The number of benzene rings is 1. The van der Waals surface area contributed by atoms with Crippen LogP contribution in [0.2, 0.25) is 5.02 Å². The van der Waals surface area contributed by atoms with Crippen molar-refractivity contribution in [2.75, 3.05) is 12.3 Å². The van der Waals surface area contributed by atoms with E-state index in [1.807, 2.05) is 36.0 Å². The molecule has 0 atom stereocenters. The molecule has 0 N–H and O–H groups in total. The van der Waals surface area contributed by atoms with Gasteiger partial charge in [-0.1, -0.05) is 30.3 Å². The molecule has 1 nitrogen and oxygen atoms in total. The number of rotatable bonds is 1. The number of thioether (sulfide) groups is 1. The van der Waals surface area contributed by atoms with Crippen molar-refractivity contribution >= 4 is 29.1 Å². The Labute approximate surface area is 118 Å². The molecule has 0 unspecified atom stereocenters. The second kappa shape index (κ2) is 5.77. The van der Waals surface area contributed by atoms with Crippen LogP contribution >= 0.6 is 23.4 Å². The van der Waals surface area contributed by atoms with E-state index in [9.17, 15) is 0 Å². The van der Waals surface area contributed by atoms with Gasteiger partial charge in [-0.2, -0.15) is 0 Å². The summed E-state index contributed by atoms with van der Waals surface area (Å²) in [6.45, 7) is 9.28. The zero-order valence-electron chi connectivity index (χ0n) is 10.7. The lowest BCUT2D eigenvalue weighted by Gasteiger charge is -2.16. The lowest BCUT2D eigenvalue weighted by atomic mass is 9.98. The first-order chi connectivity index (χ1) is 8.59. The molecule has 1 aromatic carbocycles. The molecule has 1 aromatic rings. The summed E-state index contributed by atoms with van der Waals surface area (Å²) >= 11 is 7.78. The van der Waals surface area contributed by atoms with Crippen molar-refractivity contribution < 1.29 is 0 Å². The molecule has 1 heterocycles. The van der Waals surface area contributed by atoms with Gasteiger partial charge in [-0.25, -0.2) is 0 Å². The molecule has 0 aliphatic carbocycles. The second-order valence-corrected chi connectivity index (χ2v) is 5.99. The van der Waals surface area contributed by atoms with Gasteiger partial charge in [0.15, 0.2) is 0 Å². The molecule has 1 aliphatic heterocycles. The van der Waals surface area contributed by atoms with E-state index in [2.05, 4.69) is 25.4 Å². The van der Waals surface area contributed by atoms with Crippen LogP contribution in [0, 0.1) is 0 Å². The van der Waals surface area contributed by atoms with E-state index in [1.165, 1.54) is 10.5 Å². The first-order valence-electron chi connectivity index (χ1n) is 5.90. The fraction of sp³-hybridized carbons (Fsp3) is 0.267. The minimum absolute atomic E-state index is 0.745. The average molecular weight is 278 g/mol. The largest absolute Gasteiger partial charge is 0.283 e. The lowest BCUT2D eigenvalue weighted by molar-refractivity contribution is 1.13. The zero-order valence-corrected chi connectivity index (χ0v) is 12.2. The van der Waals surface area contributed by atoms with Crippen molar-refractivity contribution in [2.45, 2.75) is 13.8 Å². The first-order valence-corrected chi connectivity index (χ1v) is 7.26. The minimum atomic E-state index is 0.745. The highest BCUT2D eigenvalue weighted by Crippen LogP contribution is 2.27. The highest BCUT2D eigenvalue weighted by molar-refractivity contribution is 8.03. The predicted octanol–water partition coefficient (Wildman–Crippen LogP) is 4.73.